The molecule has 0 radical (unpaired) electrons. The molecule has 0 aromatic heterocycles. The van der Waals surface area contributed by atoms with Gasteiger partial charge in [0, 0.05) is 31.6 Å². The van der Waals surface area contributed by atoms with Gasteiger partial charge < -0.3 is 30.3 Å². The molecular weight excluding hydrogens is 544 g/mol. The van der Waals surface area contributed by atoms with Crippen LogP contribution >= 0.6 is 0 Å². The Morgan fingerprint density at radius 2 is 1.65 bits per heavy atom. The van der Waals surface area contributed by atoms with Crippen LogP contribution in [0.2, 0.25) is 0 Å². The lowest BCUT2D eigenvalue weighted by Gasteiger charge is -2.54. The van der Waals surface area contributed by atoms with Crippen LogP contribution in [0.5, 0.6) is 5.75 Å². The first-order chi connectivity index (χ1) is 20.8. The van der Waals surface area contributed by atoms with E-state index in [-0.39, 0.29) is 30.7 Å². The molecule has 43 heavy (non-hydrogen) atoms. The number of hydrogen-bond donors (Lipinski definition) is 3. The Labute approximate surface area is 255 Å². The fourth-order valence-corrected chi connectivity index (χ4v) is 6.98. The third-order valence-electron chi connectivity index (χ3n) is 9.56. The Morgan fingerprint density at radius 1 is 1.00 bits per heavy atom. The second kappa shape index (κ2) is 13.5. The zero-order chi connectivity index (χ0) is 30.5. The number of piperidine rings is 1. The smallest absolute Gasteiger partial charge is 0.251 e. The number of piperazine rings is 1. The molecule has 2 saturated heterocycles. The molecular formula is C34H46N4O5. The maximum absolute atomic E-state index is 14.5. The minimum absolute atomic E-state index is 0.0161. The molecule has 232 valence electrons. The van der Waals surface area contributed by atoms with Gasteiger partial charge in [0.1, 0.15) is 17.3 Å². The monoisotopic (exact) mass is 590 g/mol. The maximum Gasteiger partial charge on any atom is 0.251 e. The van der Waals surface area contributed by atoms with Crippen LogP contribution in [-0.4, -0.2) is 76.6 Å². The first-order valence-electron chi connectivity index (χ1n) is 15.8. The fraction of sp³-hybridized carbons (Fsp3) is 0.559. The SMILES string of the molecule is CCCCN1C(=O)[C@@H](CC2(O)CCCC2)N(Cc2ccc(C(=O)NCc3ccc(OC)cc3)cc2)C(=O)C12CCNCC2. The van der Waals surface area contributed by atoms with Crippen LogP contribution in [0, 0.1) is 0 Å². The molecule has 1 atom stereocenters. The average molecular weight is 591 g/mol. The minimum atomic E-state index is -0.931. The van der Waals surface area contributed by atoms with Crippen molar-refractivity contribution in [3.8, 4) is 5.75 Å². The van der Waals surface area contributed by atoms with Crippen molar-refractivity contribution in [2.75, 3.05) is 26.7 Å². The first-order valence-corrected chi connectivity index (χ1v) is 15.8. The number of amides is 3. The van der Waals surface area contributed by atoms with E-state index in [0.29, 0.717) is 57.4 Å². The number of carbonyl (C=O) groups is 3. The van der Waals surface area contributed by atoms with Gasteiger partial charge in [-0.25, -0.2) is 0 Å². The van der Waals surface area contributed by atoms with Crippen molar-refractivity contribution in [3.05, 3.63) is 65.2 Å². The van der Waals surface area contributed by atoms with Gasteiger partial charge in [-0.2, -0.15) is 0 Å². The van der Waals surface area contributed by atoms with Gasteiger partial charge in [0.05, 0.1) is 12.7 Å². The van der Waals surface area contributed by atoms with E-state index >= 15 is 0 Å². The number of unbranched alkanes of at least 4 members (excludes halogenated alkanes) is 1. The number of methoxy groups -OCH3 is 1. The number of hydrogen-bond acceptors (Lipinski definition) is 6. The molecule has 3 amide bonds. The number of benzene rings is 2. The van der Waals surface area contributed by atoms with Gasteiger partial charge in [0.25, 0.3) is 5.91 Å². The van der Waals surface area contributed by atoms with Crippen molar-refractivity contribution in [2.24, 2.45) is 0 Å². The summed E-state index contributed by atoms with van der Waals surface area (Å²) < 4.78 is 5.19. The Bertz CT molecular complexity index is 1270. The predicted octanol–water partition coefficient (Wildman–Crippen LogP) is 3.78. The quantitative estimate of drug-likeness (QED) is 0.368. The van der Waals surface area contributed by atoms with Crippen LogP contribution in [0.4, 0.5) is 0 Å². The molecule has 3 fully saturated rings. The van der Waals surface area contributed by atoms with Crippen molar-refractivity contribution in [1.29, 1.82) is 0 Å². The standard InChI is InChI=1S/C34H46N4O5/c1-3-4-21-38-31(40)29(22-33(42)15-5-6-16-33)37(32(41)34(38)17-19-35-20-18-34)24-26-7-11-27(12-8-26)30(39)36-23-25-9-13-28(43-2)14-10-25/h7-14,29,35,42H,3-6,15-24H2,1-2H3,(H,36,39)/t29-/m1/s1. The number of nitrogens with one attached hydrogen (secondary N) is 2. The second-order valence-electron chi connectivity index (χ2n) is 12.4. The number of nitrogens with zero attached hydrogens (tertiary/aromatic N) is 2. The van der Waals surface area contributed by atoms with Gasteiger partial charge in [-0.3, -0.25) is 14.4 Å². The lowest BCUT2D eigenvalue weighted by molar-refractivity contribution is -0.177. The molecule has 1 aliphatic carbocycles. The summed E-state index contributed by atoms with van der Waals surface area (Å²) in [4.78, 5) is 45.3. The largest absolute Gasteiger partial charge is 0.497 e. The molecule has 2 aromatic rings. The van der Waals surface area contributed by atoms with Crippen molar-refractivity contribution >= 4 is 17.7 Å². The van der Waals surface area contributed by atoms with Crippen LogP contribution in [-0.2, 0) is 22.7 Å². The van der Waals surface area contributed by atoms with Crippen LogP contribution in [0.1, 0.15) is 86.2 Å². The molecule has 3 N–H and O–H groups in total. The summed E-state index contributed by atoms with van der Waals surface area (Å²) in [5.74, 6) is 0.523. The van der Waals surface area contributed by atoms with E-state index in [2.05, 4.69) is 17.6 Å². The molecule has 0 bridgehead atoms. The maximum atomic E-state index is 14.5. The first kappa shape index (κ1) is 31.0. The van der Waals surface area contributed by atoms with Gasteiger partial charge in [-0.15, -0.1) is 0 Å². The summed E-state index contributed by atoms with van der Waals surface area (Å²) in [5, 5.41) is 17.7. The Kier molecular flexibility index (Phi) is 9.72. The summed E-state index contributed by atoms with van der Waals surface area (Å²) in [5.41, 5.74) is 0.555. The number of aliphatic hydroxyl groups is 1. The summed E-state index contributed by atoms with van der Waals surface area (Å²) in [6, 6.07) is 14.1. The highest BCUT2D eigenvalue weighted by Gasteiger charge is 2.57. The van der Waals surface area contributed by atoms with Crippen LogP contribution in [0.25, 0.3) is 0 Å². The molecule has 9 nitrogen and oxygen atoms in total. The van der Waals surface area contributed by atoms with E-state index in [4.69, 9.17) is 4.74 Å². The third kappa shape index (κ3) is 6.73. The Balaban J connectivity index is 1.35. The molecule has 2 aliphatic heterocycles. The van der Waals surface area contributed by atoms with E-state index in [1.54, 1.807) is 24.1 Å². The number of carbonyl (C=O) groups excluding carboxylic acids is 3. The lowest BCUT2D eigenvalue weighted by Crippen LogP contribution is -2.73. The summed E-state index contributed by atoms with van der Waals surface area (Å²) in [7, 11) is 1.62. The zero-order valence-corrected chi connectivity index (χ0v) is 25.6. The zero-order valence-electron chi connectivity index (χ0n) is 25.6. The van der Waals surface area contributed by atoms with Gasteiger partial charge in [-0.1, -0.05) is 50.5 Å². The molecule has 5 rings (SSSR count). The van der Waals surface area contributed by atoms with Gasteiger partial charge in [0.15, 0.2) is 0 Å². The highest BCUT2D eigenvalue weighted by atomic mass is 16.5. The van der Waals surface area contributed by atoms with Gasteiger partial charge in [0.2, 0.25) is 11.8 Å². The predicted molar refractivity (Wildman–Crippen MR) is 164 cm³/mol. The van der Waals surface area contributed by atoms with Crippen molar-refractivity contribution in [3.63, 3.8) is 0 Å². The highest BCUT2D eigenvalue weighted by molar-refractivity contribution is 6.00. The van der Waals surface area contributed by atoms with Gasteiger partial charge in [-0.05, 0) is 80.6 Å². The van der Waals surface area contributed by atoms with E-state index < -0.39 is 17.2 Å². The Hall–Kier alpha value is -3.43. The second-order valence-corrected chi connectivity index (χ2v) is 12.4. The minimum Gasteiger partial charge on any atom is -0.497 e. The van der Waals surface area contributed by atoms with Gasteiger partial charge >= 0.3 is 0 Å². The third-order valence-corrected chi connectivity index (χ3v) is 9.56. The highest BCUT2D eigenvalue weighted by Crippen LogP contribution is 2.41. The fourth-order valence-electron chi connectivity index (χ4n) is 6.98. The van der Waals surface area contributed by atoms with Crippen LogP contribution in [0.3, 0.4) is 0 Å². The molecule has 1 saturated carbocycles. The lowest BCUT2D eigenvalue weighted by atomic mass is 9.79. The van der Waals surface area contributed by atoms with Crippen LogP contribution < -0.4 is 15.4 Å². The number of rotatable bonds is 11. The molecule has 2 aromatic carbocycles. The average Bonchev–Trinajstić information content (AvgIpc) is 3.47. The van der Waals surface area contributed by atoms with E-state index in [0.717, 1.165) is 42.6 Å². The summed E-state index contributed by atoms with van der Waals surface area (Å²) in [6.07, 6.45) is 6.39. The molecule has 0 unspecified atom stereocenters. The molecule has 3 aliphatic rings. The number of ether oxygens (including phenoxy) is 1. The molecule has 2 heterocycles. The molecule has 1 spiro atoms. The van der Waals surface area contributed by atoms with Crippen molar-refractivity contribution < 1.29 is 24.2 Å². The Morgan fingerprint density at radius 3 is 2.28 bits per heavy atom. The van der Waals surface area contributed by atoms with E-state index in [9.17, 15) is 19.5 Å². The van der Waals surface area contributed by atoms with Crippen molar-refractivity contribution in [2.45, 2.75) is 95.0 Å². The van der Waals surface area contributed by atoms with E-state index in [1.807, 2.05) is 41.3 Å². The topological polar surface area (TPSA) is 111 Å². The van der Waals surface area contributed by atoms with Crippen molar-refractivity contribution in [1.82, 2.24) is 20.4 Å². The normalized spacial score (nSPS) is 21.3. The molecule has 9 heteroatoms. The van der Waals surface area contributed by atoms with E-state index in [1.165, 1.54) is 0 Å². The van der Waals surface area contributed by atoms with Crippen LogP contribution in [0.15, 0.2) is 48.5 Å². The summed E-state index contributed by atoms with van der Waals surface area (Å²) >= 11 is 0. The summed E-state index contributed by atoms with van der Waals surface area (Å²) in [6.45, 7) is 4.68.